The number of carbonyl (C=O) groups excluding carboxylic acids is 1. The lowest BCUT2D eigenvalue weighted by molar-refractivity contribution is 0.205. The van der Waals surface area contributed by atoms with E-state index in [-0.39, 0.29) is 11.6 Å². The standard InChI is InChI=1S/C28H30N4O2/c1-5-20-15-17-22(18-16-20)29-28(34)31(4)19(3)26-30-24-13-9-8-12-23(24)27(33)32(26)25-14-10-7-11-21(25)6-2/h7-19H,5-6H2,1-4H3,(H,29,34). The highest BCUT2D eigenvalue weighted by Crippen LogP contribution is 2.24. The Morgan fingerprint density at radius 3 is 2.35 bits per heavy atom. The van der Waals surface area contributed by atoms with E-state index < -0.39 is 6.04 Å². The summed E-state index contributed by atoms with van der Waals surface area (Å²) in [5, 5.41) is 3.50. The van der Waals surface area contributed by atoms with Crippen molar-refractivity contribution in [2.24, 2.45) is 0 Å². The molecular formula is C28H30N4O2. The summed E-state index contributed by atoms with van der Waals surface area (Å²) in [4.78, 5) is 33.2. The fourth-order valence-electron chi connectivity index (χ4n) is 4.08. The molecule has 0 aliphatic rings. The Morgan fingerprint density at radius 1 is 0.971 bits per heavy atom. The number of para-hydroxylation sites is 2. The van der Waals surface area contributed by atoms with Gasteiger partial charge in [-0.1, -0.05) is 56.3 Å². The number of aromatic nitrogens is 2. The Kier molecular flexibility index (Phi) is 6.77. The molecule has 2 amide bonds. The van der Waals surface area contributed by atoms with E-state index in [1.54, 1.807) is 22.6 Å². The average molecular weight is 455 g/mol. The van der Waals surface area contributed by atoms with Gasteiger partial charge < -0.3 is 10.2 Å². The van der Waals surface area contributed by atoms with E-state index in [2.05, 4.69) is 19.2 Å². The Bertz CT molecular complexity index is 1380. The summed E-state index contributed by atoms with van der Waals surface area (Å²) in [7, 11) is 1.72. The van der Waals surface area contributed by atoms with Gasteiger partial charge in [0.25, 0.3) is 5.56 Å². The summed E-state index contributed by atoms with van der Waals surface area (Å²) in [6.45, 7) is 6.04. The number of anilines is 1. The molecule has 0 aliphatic heterocycles. The Hall–Kier alpha value is -3.93. The molecule has 1 atom stereocenters. The number of rotatable bonds is 6. The molecule has 0 bridgehead atoms. The maximum absolute atomic E-state index is 13.7. The van der Waals surface area contributed by atoms with Crippen LogP contribution in [0.15, 0.2) is 77.6 Å². The Balaban J connectivity index is 1.77. The second-order valence-corrected chi connectivity index (χ2v) is 8.38. The molecular weight excluding hydrogens is 424 g/mol. The van der Waals surface area contributed by atoms with Crippen molar-refractivity contribution in [1.29, 1.82) is 0 Å². The number of fused-ring (bicyclic) bond motifs is 1. The monoisotopic (exact) mass is 454 g/mol. The molecule has 4 aromatic rings. The van der Waals surface area contributed by atoms with E-state index in [0.29, 0.717) is 16.7 Å². The van der Waals surface area contributed by atoms with Crippen molar-refractivity contribution in [3.8, 4) is 5.69 Å². The van der Waals surface area contributed by atoms with Crippen LogP contribution in [-0.4, -0.2) is 27.5 Å². The molecule has 1 unspecified atom stereocenters. The third-order valence-corrected chi connectivity index (χ3v) is 6.30. The fourth-order valence-corrected chi connectivity index (χ4v) is 4.08. The minimum absolute atomic E-state index is 0.141. The molecule has 0 radical (unpaired) electrons. The highest BCUT2D eigenvalue weighted by atomic mass is 16.2. The van der Waals surface area contributed by atoms with Gasteiger partial charge in [0.05, 0.1) is 22.6 Å². The molecule has 1 aromatic heterocycles. The molecule has 6 nitrogen and oxygen atoms in total. The van der Waals surface area contributed by atoms with Crippen LogP contribution in [0.4, 0.5) is 10.5 Å². The number of benzene rings is 3. The fraction of sp³-hybridized carbons (Fsp3) is 0.250. The molecule has 1 heterocycles. The van der Waals surface area contributed by atoms with E-state index >= 15 is 0 Å². The predicted octanol–water partition coefficient (Wildman–Crippen LogP) is 5.74. The Labute approximate surface area is 199 Å². The van der Waals surface area contributed by atoms with Crippen LogP contribution in [0.25, 0.3) is 16.6 Å². The second kappa shape index (κ2) is 9.91. The lowest BCUT2D eigenvalue weighted by Crippen LogP contribution is -2.37. The van der Waals surface area contributed by atoms with Crippen molar-refractivity contribution in [1.82, 2.24) is 14.5 Å². The van der Waals surface area contributed by atoms with Gasteiger partial charge in [-0.3, -0.25) is 9.36 Å². The molecule has 0 spiro atoms. The number of aryl methyl sites for hydroxylation is 2. The smallest absolute Gasteiger partial charge is 0.318 e. The van der Waals surface area contributed by atoms with Gasteiger partial charge in [0.15, 0.2) is 0 Å². The van der Waals surface area contributed by atoms with Crippen LogP contribution < -0.4 is 10.9 Å². The van der Waals surface area contributed by atoms with Gasteiger partial charge >= 0.3 is 6.03 Å². The predicted molar refractivity (Wildman–Crippen MR) is 138 cm³/mol. The second-order valence-electron chi connectivity index (χ2n) is 8.38. The molecule has 0 fully saturated rings. The van der Waals surface area contributed by atoms with Crippen LogP contribution >= 0.6 is 0 Å². The van der Waals surface area contributed by atoms with Crippen LogP contribution in [0.1, 0.15) is 43.8 Å². The molecule has 4 rings (SSSR count). The zero-order valence-electron chi connectivity index (χ0n) is 20.1. The molecule has 0 saturated carbocycles. The normalized spacial score (nSPS) is 11.9. The lowest BCUT2D eigenvalue weighted by Gasteiger charge is -2.27. The first-order valence-electron chi connectivity index (χ1n) is 11.7. The van der Waals surface area contributed by atoms with E-state index in [0.717, 1.165) is 29.8 Å². The summed E-state index contributed by atoms with van der Waals surface area (Å²) in [5.41, 5.74) is 4.23. The van der Waals surface area contributed by atoms with Crippen LogP contribution in [0.3, 0.4) is 0 Å². The summed E-state index contributed by atoms with van der Waals surface area (Å²) in [5.74, 6) is 0.517. The van der Waals surface area contributed by atoms with Gasteiger partial charge in [-0.15, -0.1) is 0 Å². The van der Waals surface area contributed by atoms with E-state index in [9.17, 15) is 9.59 Å². The van der Waals surface area contributed by atoms with Gasteiger partial charge in [-0.05, 0) is 61.2 Å². The van der Waals surface area contributed by atoms with Crippen LogP contribution in [-0.2, 0) is 12.8 Å². The summed E-state index contributed by atoms with van der Waals surface area (Å²) >= 11 is 0. The molecule has 1 N–H and O–H groups in total. The third kappa shape index (κ3) is 4.44. The maximum Gasteiger partial charge on any atom is 0.322 e. The highest BCUT2D eigenvalue weighted by Gasteiger charge is 2.25. The first-order valence-corrected chi connectivity index (χ1v) is 11.7. The molecule has 174 valence electrons. The van der Waals surface area contributed by atoms with Gasteiger partial charge in [0, 0.05) is 12.7 Å². The van der Waals surface area contributed by atoms with Crippen LogP contribution in [0.5, 0.6) is 0 Å². The highest BCUT2D eigenvalue weighted by molar-refractivity contribution is 5.89. The zero-order chi connectivity index (χ0) is 24.2. The largest absolute Gasteiger partial charge is 0.322 e. The summed E-state index contributed by atoms with van der Waals surface area (Å²) in [6, 6.07) is 22.2. The van der Waals surface area contributed by atoms with Gasteiger partial charge in [0.2, 0.25) is 0 Å². The first-order chi connectivity index (χ1) is 16.4. The topological polar surface area (TPSA) is 67.2 Å². The van der Waals surface area contributed by atoms with Crippen molar-refractivity contribution in [3.05, 3.63) is 100 Å². The number of hydrogen-bond donors (Lipinski definition) is 1. The molecule has 6 heteroatoms. The van der Waals surface area contributed by atoms with E-state index in [1.165, 1.54) is 5.56 Å². The average Bonchev–Trinajstić information content (AvgIpc) is 2.88. The van der Waals surface area contributed by atoms with Crippen LogP contribution in [0, 0.1) is 0 Å². The van der Waals surface area contributed by atoms with E-state index in [1.807, 2.05) is 73.7 Å². The van der Waals surface area contributed by atoms with Crippen molar-refractivity contribution in [2.45, 2.75) is 39.7 Å². The third-order valence-electron chi connectivity index (χ3n) is 6.30. The minimum Gasteiger partial charge on any atom is -0.318 e. The van der Waals surface area contributed by atoms with Gasteiger partial charge in [0.1, 0.15) is 5.82 Å². The number of carbonyl (C=O) groups is 1. The van der Waals surface area contributed by atoms with Crippen molar-refractivity contribution >= 4 is 22.6 Å². The quantitative estimate of drug-likeness (QED) is 0.404. The molecule has 3 aromatic carbocycles. The summed E-state index contributed by atoms with van der Waals surface area (Å²) < 4.78 is 1.66. The number of amides is 2. The zero-order valence-corrected chi connectivity index (χ0v) is 20.1. The molecule has 34 heavy (non-hydrogen) atoms. The SMILES string of the molecule is CCc1ccc(NC(=O)N(C)C(C)c2nc3ccccc3c(=O)n2-c2ccccc2CC)cc1. The molecule has 0 saturated heterocycles. The van der Waals surface area contributed by atoms with Gasteiger partial charge in [-0.2, -0.15) is 0 Å². The summed E-state index contributed by atoms with van der Waals surface area (Å²) in [6.07, 6.45) is 1.71. The van der Waals surface area contributed by atoms with Crippen molar-refractivity contribution in [2.75, 3.05) is 12.4 Å². The van der Waals surface area contributed by atoms with Crippen LogP contribution in [0.2, 0.25) is 0 Å². The number of nitrogens with zero attached hydrogens (tertiary/aromatic N) is 3. The van der Waals surface area contributed by atoms with Crippen molar-refractivity contribution < 1.29 is 4.79 Å². The Morgan fingerprint density at radius 2 is 1.65 bits per heavy atom. The lowest BCUT2D eigenvalue weighted by atomic mass is 10.1. The van der Waals surface area contributed by atoms with Crippen molar-refractivity contribution in [3.63, 3.8) is 0 Å². The number of hydrogen-bond acceptors (Lipinski definition) is 3. The number of nitrogens with one attached hydrogen (secondary N) is 1. The van der Waals surface area contributed by atoms with Gasteiger partial charge in [-0.25, -0.2) is 9.78 Å². The minimum atomic E-state index is -0.461. The van der Waals surface area contributed by atoms with E-state index in [4.69, 9.17) is 4.98 Å². The molecule has 0 aliphatic carbocycles. The number of urea groups is 1. The first kappa shape index (κ1) is 23.2. The maximum atomic E-state index is 13.7.